The number of hydrogen-bond acceptors (Lipinski definition) is 2. The van der Waals surface area contributed by atoms with E-state index in [9.17, 15) is 4.79 Å². The van der Waals surface area contributed by atoms with Crippen LogP contribution in [0.1, 0.15) is 37.3 Å². The van der Waals surface area contributed by atoms with Crippen molar-refractivity contribution in [2.75, 3.05) is 7.05 Å². The Morgan fingerprint density at radius 3 is 2.53 bits per heavy atom. The molecule has 5 heteroatoms. The van der Waals surface area contributed by atoms with E-state index in [0.717, 1.165) is 15.5 Å². The van der Waals surface area contributed by atoms with Crippen LogP contribution in [0, 0.1) is 5.92 Å². The van der Waals surface area contributed by atoms with Gasteiger partial charge in [-0.1, -0.05) is 28.8 Å². The van der Waals surface area contributed by atoms with Crippen LogP contribution in [0.2, 0.25) is 0 Å². The lowest BCUT2D eigenvalue weighted by Gasteiger charge is -2.24. The van der Waals surface area contributed by atoms with Gasteiger partial charge in [-0.2, -0.15) is 0 Å². The van der Waals surface area contributed by atoms with Crippen LogP contribution in [0.5, 0.6) is 0 Å². The Hall–Kier alpha value is -1.07. The third-order valence-electron chi connectivity index (χ3n) is 4.15. The quantitative estimate of drug-likeness (QED) is 0.813. The van der Waals surface area contributed by atoms with Gasteiger partial charge in [0.05, 0.1) is 11.0 Å². The third-order valence-corrected chi connectivity index (χ3v) is 4.84. The van der Waals surface area contributed by atoms with Gasteiger partial charge in [0.1, 0.15) is 0 Å². The van der Waals surface area contributed by atoms with Crippen molar-refractivity contribution in [3.8, 4) is 0 Å². The molecule has 2 aromatic rings. The first kappa shape index (κ1) is 12.9. The fourth-order valence-electron chi connectivity index (χ4n) is 3.25. The molecule has 1 saturated carbocycles. The van der Waals surface area contributed by atoms with Gasteiger partial charge in [0.15, 0.2) is 0 Å². The normalized spacial score (nSPS) is 18.2. The maximum absolute atomic E-state index is 11.4. The summed E-state index contributed by atoms with van der Waals surface area (Å²) in [5.74, 6) is 0.685. The highest BCUT2D eigenvalue weighted by Crippen LogP contribution is 2.38. The second kappa shape index (κ2) is 5.13. The van der Waals surface area contributed by atoms with E-state index in [2.05, 4.69) is 37.3 Å². The van der Waals surface area contributed by atoms with Crippen LogP contribution in [0.3, 0.4) is 0 Å². The molecule has 3 N–H and O–H groups in total. The summed E-state index contributed by atoms with van der Waals surface area (Å²) in [4.78, 5) is 17.0. The van der Waals surface area contributed by atoms with E-state index < -0.39 is 0 Å². The standard InChI is InChI=1S/C14H18BrN3O/c1-16-13(8-4-2-3-5-8)9-6-11-12(7-10(9)15)18-14(19)17-11/h6-8,13,16H,2-5H2,1H3,(H2,17,18,19). The lowest BCUT2D eigenvalue weighted by atomic mass is 9.91. The van der Waals surface area contributed by atoms with Crippen molar-refractivity contribution in [1.29, 1.82) is 0 Å². The number of nitrogens with one attached hydrogen (secondary N) is 3. The largest absolute Gasteiger partial charge is 0.323 e. The van der Waals surface area contributed by atoms with Gasteiger partial charge in [-0.25, -0.2) is 4.79 Å². The first-order valence-corrected chi connectivity index (χ1v) is 7.57. The molecule has 1 aliphatic carbocycles. The summed E-state index contributed by atoms with van der Waals surface area (Å²) in [6.07, 6.45) is 5.20. The molecule has 19 heavy (non-hydrogen) atoms. The SMILES string of the molecule is CNC(c1cc2[nH]c(=O)[nH]c2cc1Br)C1CCCC1. The zero-order chi connectivity index (χ0) is 13.4. The second-order valence-electron chi connectivity index (χ2n) is 5.31. The molecule has 1 heterocycles. The van der Waals surface area contributed by atoms with E-state index in [1.807, 2.05) is 13.1 Å². The monoisotopic (exact) mass is 323 g/mol. The van der Waals surface area contributed by atoms with Crippen molar-refractivity contribution in [1.82, 2.24) is 15.3 Å². The van der Waals surface area contributed by atoms with Crippen LogP contribution in [0.4, 0.5) is 0 Å². The Kier molecular flexibility index (Phi) is 3.50. The predicted octanol–water partition coefficient (Wildman–Crippen LogP) is 3.07. The van der Waals surface area contributed by atoms with Gasteiger partial charge in [-0.05, 0) is 43.5 Å². The molecule has 1 aromatic heterocycles. The topological polar surface area (TPSA) is 60.7 Å². The van der Waals surface area contributed by atoms with Crippen LogP contribution < -0.4 is 11.0 Å². The zero-order valence-corrected chi connectivity index (χ0v) is 12.5. The van der Waals surface area contributed by atoms with Crippen molar-refractivity contribution in [2.24, 2.45) is 5.92 Å². The van der Waals surface area contributed by atoms with E-state index in [1.54, 1.807) is 0 Å². The van der Waals surface area contributed by atoms with Crippen molar-refractivity contribution in [2.45, 2.75) is 31.7 Å². The minimum Gasteiger partial charge on any atom is -0.313 e. The first-order valence-electron chi connectivity index (χ1n) is 6.77. The zero-order valence-electron chi connectivity index (χ0n) is 10.9. The lowest BCUT2D eigenvalue weighted by Crippen LogP contribution is -2.24. The van der Waals surface area contributed by atoms with Crippen LogP contribution in [-0.2, 0) is 0 Å². The lowest BCUT2D eigenvalue weighted by molar-refractivity contribution is 0.389. The Balaban J connectivity index is 2.06. The summed E-state index contributed by atoms with van der Waals surface area (Å²) in [7, 11) is 2.01. The summed E-state index contributed by atoms with van der Waals surface area (Å²) < 4.78 is 1.06. The third kappa shape index (κ3) is 2.37. The van der Waals surface area contributed by atoms with E-state index in [4.69, 9.17) is 0 Å². The van der Waals surface area contributed by atoms with Gasteiger partial charge in [-0.15, -0.1) is 0 Å². The van der Waals surface area contributed by atoms with Crippen LogP contribution in [0.15, 0.2) is 21.4 Å². The average Bonchev–Trinajstić information content (AvgIpc) is 2.99. The number of benzene rings is 1. The smallest absolute Gasteiger partial charge is 0.313 e. The van der Waals surface area contributed by atoms with E-state index in [0.29, 0.717) is 12.0 Å². The van der Waals surface area contributed by atoms with Crippen molar-refractivity contribution in [3.63, 3.8) is 0 Å². The highest BCUT2D eigenvalue weighted by Gasteiger charge is 2.26. The van der Waals surface area contributed by atoms with Crippen molar-refractivity contribution < 1.29 is 0 Å². The highest BCUT2D eigenvalue weighted by atomic mass is 79.9. The molecule has 1 unspecified atom stereocenters. The van der Waals surface area contributed by atoms with E-state index in [-0.39, 0.29) is 5.69 Å². The number of hydrogen-bond donors (Lipinski definition) is 3. The number of H-pyrrole nitrogens is 2. The molecule has 0 aliphatic heterocycles. The number of halogens is 1. The number of imidazole rings is 1. The van der Waals surface area contributed by atoms with E-state index >= 15 is 0 Å². The molecule has 4 nitrogen and oxygen atoms in total. The Morgan fingerprint density at radius 1 is 1.26 bits per heavy atom. The summed E-state index contributed by atoms with van der Waals surface area (Å²) in [5, 5.41) is 3.44. The molecule has 0 bridgehead atoms. The molecular weight excluding hydrogens is 306 g/mol. The molecule has 1 atom stereocenters. The minimum absolute atomic E-state index is 0.152. The Bertz CT molecular complexity index is 640. The summed E-state index contributed by atoms with van der Waals surface area (Å²) in [6.45, 7) is 0. The number of aromatic amines is 2. The van der Waals surface area contributed by atoms with Gasteiger partial charge in [0.2, 0.25) is 0 Å². The van der Waals surface area contributed by atoms with Crippen LogP contribution in [-0.4, -0.2) is 17.0 Å². The second-order valence-corrected chi connectivity index (χ2v) is 6.16. The molecule has 3 rings (SSSR count). The average molecular weight is 324 g/mol. The van der Waals surface area contributed by atoms with E-state index in [1.165, 1.54) is 31.2 Å². The molecule has 0 amide bonds. The summed E-state index contributed by atoms with van der Waals surface area (Å²) in [5.41, 5.74) is 2.81. The molecule has 0 saturated heterocycles. The fraction of sp³-hybridized carbons (Fsp3) is 0.500. The molecular formula is C14H18BrN3O. The molecule has 0 radical (unpaired) electrons. The molecule has 1 fully saturated rings. The predicted molar refractivity (Wildman–Crippen MR) is 80.4 cm³/mol. The Labute approximate surface area is 120 Å². The molecule has 1 aromatic carbocycles. The van der Waals surface area contributed by atoms with Crippen molar-refractivity contribution >= 4 is 27.0 Å². The summed E-state index contributed by atoms with van der Waals surface area (Å²) >= 11 is 3.64. The van der Waals surface area contributed by atoms with Gasteiger partial charge in [0, 0.05) is 10.5 Å². The fourth-order valence-corrected chi connectivity index (χ4v) is 3.84. The van der Waals surface area contributed by atoms with Crippen molar-refractivity contribution in [3.05, 3.63) is 32.7 Å². The van der Waals surface area contributed by atoms with Gasteiger partial charge >= 0.3 is 5.69 Å². The van der Waals surface area contributed by atoms with Gasteiger partial charge < -0.3 is 15.3 Å². The van der Waals surface area contributed by atoms with Crippen LogP contribution >= 0.6 is 15.9 Å². The van der Waals surface area contributed by atoms with Gasteiger partial charge in [-0.3, -0.25) is 0 Å². The highest BCUT2D eigenvalue weighted by molar-refractivity contribution is 9.10. The minimum atomic E-state index is -0.152. The number of rotatable bonds is 3. The molecule has 1 aliphatic rings. The van der Waals surface area contributed by atoms with Crippen LogP contribution in [0.25, 0.3) is 11.0 Å². The molecule has 102 valence electrons. The number of fused-ring (bicyclic) bond motifs is 1. The number of aromatic nitrogens is 2. The first-order chi connectivity index (χ1) is 9.19. The maximum Gasteiger partial charge on any atom is 0.323 e. The Morgan fingerprint density at radius 2 is 1.89 bits per heavy atom. The summed E-state index contributed by atoms with van der Waals surface area (Å²) in [6, 6.07) is 4.42. The van der Waals surface area contributed by atoms with Gasteiger partial charge in [0.25, 0.3) is 0 Å². The maximum atomic E-state index is 11.4. The molecule has 0 spiro atoms.